The number of carbonyl (C=O) groups excluding carboxylic acids is 1. The van der Waals surface area contributed by atoms with Crippen LogP contribution in [0, 0.1) is 0 Å². The first-order chi connectivity index (χ1) is 11.8. The second-order valence-electron chi connectivity index (χ2n) is 7.38. The number of Topliss-reactive ketones (excluding diaryl/α,β-unsaturated/α-hetero) is 1. The number of rotatable bonds is 4. The number of alkyl halides is 3. The average molecular weight is 445 g/mol. The van der Waals surface area contributed by atoms with Crippen molar-refractivity contribution in [2.24, 2.45) is 0 Å². The Labute approximate surface area is 160 Å². The van der Waals surface area contributed by atoms with Crippen LogP contribution in [0.1, 0.15) is 23.6 Å². The molecular formula is C19H20BrF3O2Si. The molecule has 0 bridgehead atoms. The number of phenols is 1. The number of phenolic OH excluding ortho intramolecular Hbond substituents is 1. The number of hydrogen-bond donors (Lipinski definition) is 1. The van der Waals surface area contributed by atoms with E-state index in [2.05, 4.69) is 15.9 Å². The first-order valence-electron chi connectivity index (χ1n) is 8.03. The van der Waals surface area contributed by atoms with Gasteiger partial charge in [0.15, 0.2) is 0 Å². The van der Waals surface area contributed by atoms with Crippen molar-refractivity contribution in [2.75, 3.05) is 0 Å². The van der Waals surface area contributed by atoms with E-state index in [1.165, 1.54) is 19.1 Å². The van der Waals surface area contributed by atoms with Gasteiger partial charge in [0.1, 0.15) is 11.5 Å². The van der Waals surface area contributed by atoms with Crippen LogP contribution in [0.5, 0.6) is 5.75 Å². The van der Waals surface area contributed by atoms with E-state index in [0.717, 1.165) is 12.1 Å². The number of benzene rings is 2. The highest BCUT2D eigenvalue weighted by molar-refractivity contribution is 9.10. The third kappa shape index (κ3) is 4.38. The number of halogens is 4. The van der Waals surface area contributed by atoms with Crippen molar-refractivity contribution in [3.63, 3.8) is 0 Å². The van der Waals surface area contributed by atoms with E-state index >= 15 is 0 Å². The van der Waals surface area contributed by atoms with Crippen molar-refractivity contribution in [3.8, 4) is 16.9 Å². The summed E-state index contributed by atoms with van der Waals surface area (Å²) in [4.78, 5) is 12.3. The number of carbonyl (C=O) groups is 1. The molecule has 0 aliphatic carbocycles. The summed E-state index contributed by atoms with van der Waals surface area (Å²) >= 11 is 3.44. The van der Waals surface area contributed by atoms with Crippen LogP contribution in [0.4, 0.5) is 13.2 Å². The highest BCUT2D eigenvalue weighted by atomic mass is 79.9. The minimum atomic E-state index is -4.53. The van der Waals surface area contributed by atoms with Crippen LogP contribution in [0.25, 0.3) is 11.1 Å². The fourth-order valence-corrected chi connectivity index (χ4v) is 6.45. The van der Waals surface area contributed by atoms with Crippen LogP contribution in [0.3, 0.4) is 0 Å². The molecule has 26 heavy (non-hydrogen) atoms. The Morgan fingerprint density at radius 1 is 1.12 bits per heavy atom. The van der Waals surface area contributed by atoms with Gasteiger partial charge >= 0.3 is 6.18 Å². The highest BCUT2D eigenvalue weighted by Gasteiger charge is 2.38. The predicted molar refractivity (Wildman–Crippen MR) is 103 cm³/mol. The van der Waals surface area contributed by atoms with Crippen molar-refractivity contribution in [1.82, 2.24) is 0 Å². The van der Waals surface area contributed by atoms with Gasteiger partial charge in [-0.15, -0.1) is 0 Å². The maximum absolute atomic E-state index is 13.5. The van der Waals surface area contributed by atoms with Gasteiger partial charge in [0.05, 0.1) is 13.6 Å². The van der Waals surface area contributed by atoms with Gasteiger partial charge in [-0.25, -0.2) is 0 Å². The van der Waals surface area contributed by atoms with E-state index in [-0.39, 0.29) is 11.5 Å². The van der Waals surface area contributed by atoms with E-state index in [9.17, 15) is 23.1 Å². The fourth-order valence-electron chi connectivity index (χ4n) is 3.17. The Balaban J connectivity index is 2.82. The summed E-state index contributed by atoms with van der Waals surface area (Å²) in [6.45, 7) is 7.32. The Morgan fingerprint density at radius 3 is 2.08 bits per heavy atom. The molecule has 0 fully saturated rings. The zero-order chi connectivity index (χ0) is 19.9. The van der Waals surface area contributed by atoms with Gasteiger partial charge in [0.2, 0.25) is 0 Å². The summed E-state index contributed by atoms with van der Waals surface area (Å²) in [6.07, 6.45) is -4.53. The smallest absolute Gasteiger partial charge is 0.416 e. The van der Waals surface area contributed by atoms with Crippen molar-refractivity contribution >= 4 is 29.8 Å². The van der Waals surface area contributed by atoms with Gasteiger partial charge in [-0.1, -0.05) is 31.8 Å². The number of aromatic hydroxyl groups is 1. The molecule has 2 aromatic carbocycles. The highest BCUT2D eigenvalue weighted by Crippen LogP contribution is 2.43. The van der Waals surface area contributed by atoms with Crippen LogP contribution >= 0.6 is 15.9 Å². The number of ketones is 1. The average Bonchev–Trinajstić information content (AvgIpc) is 2.47. The lowest BCUT2D eigenvalue weighted by Crippen LogP contribution is -2.36. The lowest BCUT2D eigenvalue weighted by molar-refractivity contribution is -0.137. The van der Waals surface area contributed by atoms with E-state index in [1.807, 2.05) is 19.6 Å². The molecule has 2 nitrogen and oxygen atoms in total. The van der Waals surface area contributed by atoms with Gasteiger partial charge in [0, 0.05) is 10.0 Å². The number of hydrogen-bond acceptors (Lipinski definition) is 2. The third-order valence-electron chi connectivity index (χ3n) is 4.19. The van der Waals surface area contributed by atoms with Gasteiger partial charge in [0.25, 0.3) is 0 Å². The van der Waals surface area contributed by atoms with Gasteiger partial charge < -0.3 is 5.11 Å². The molecule has 2 aromatic rings. The molecule has 0 amide bonds. The van der Waals surface area contributed by atoms with E-state index in [4.69, 9.17) is 0 Å². The van der Waals surface area contributed by atoms with E-state index in [1.54, 1.807) is 12.1 Å². The van der Waals surface area contributed by atoms with Crippen LogP contribution in [-0.2, 0) is 11.0 Å². The maximum Gasteiger partial charge on any atom is 0.416 e. The summed E-state index contributed by atoms with van der Waals surface area (Å²) < 4.78 is 41.0. The third-order valence-corrected chi connectivity index (χ3v) is 7.52. The van der Waals surface area contributed by atoms with Crippen LogP contribution in [-0.4, -0.2) is 19.0 Å². The minimum absolute atomic E-state index is 0.0285. The molecule has 0 saturated carbocycles. The molecule has 0 radical (unpaired) electrons. The monoisotopic (exact) mass is 444 g/mol. The van der Waals surface area contributed by atoms with E-state index in [0.29, 0.717) is 21.2 Å². The molecule has 0 spiro atoms. The fraction of sp³-hybridized carbons (Fsp3) is 0.316. The minimum Gasteiger partial charge on any atom is -0.508 e. The topological polar surface area (TPSA) is 37.3 Å². The van der Waals surface area contributed by atoms with Crippen LogP contribution in [0.15, 0.2) is 40.9 Å². The molecule has 0 heterocycles. The molecule has 0 aromatic heterocycles. The molecule has 140 valence electrons. The SMILES string of the molecule is CC(=O)C(c1cc(C(F)(F)F)cc(-c2ccc(O)cc2)c1Br)[Si](C)(C)C. The quantitative estimate of drug-likeness (QED) is 0.554. The molecule has 1 N–H and O–H groups in total. The Bertz CT molecular complexity index is 824. The standard InChI is InChI=1S/C19H20BrF3O2Si/c1-11(24)18(26(2,3)4)16-10-13(19(21,22)23)9-15(17(16)20)12-5-7-14(25)8-6-12/h5-10,18,25H,1-4H3. The molecule has 7 heteroatoms. The lowest BCUT2D eigenvalue weighted by atomic mass is 9.97. The van der Waals surface area contributed by atoms with Crippen molar-refractivity contribution in [1.29, 1.82) is 0 Å². The first-order valence-corrected chi connectivity index (χ1v) is 12.4. The molecule has 1 atom stereocenters. The van der Waals surface area contributed by atoms with Crippen molar-refractivity contribution in [2.45, 2.75) is 38.3 Å². The molecular weight excluding hydrogens is 425 g/mol. The van der Waals surface area contributed by atoms with Crippen molar-refractivity contribution < 1.29 is 23.1 Å². The normalized spacial score (nSPS) is 13.5. The molecule has 2 rings (SSSR count). The predicted octanol–water partition coefficient (Wildman–Crippen LogP) is 6.39. The molecule has 0 saturated heterocycles. The zero-order valence-electron chi connectivity index (χ0n) is 14.9. The summed E-state index contributed by atoms with van der Waals surface area (Å²) in [6, 6.07) is 8.10. The summed E-state index contributed by atoms with van der Waals surface area (Å²) in [5, 5.41) is 9.45. The Morgan fingerprint density at radius 2 is 1.65 bits per heavy atom. The molecule has 0 aliphatic rings. The van der Waals surface area contributed by atoms with Crippen LogP contribution < -0.4 is 0 Å². The Hall–Kier alpha value is -1.60. The largest absolute Gasteiger partial charge is 0.508 e. The second kappa shape index (κ2) is 7.19. The second-order valence-corrected chi connectivity index (χ2v) is 13.5. The first kappa shape index (κ1) is 20.7. The van der Waals surface area contributed by atoms with Crippen LogP contribution in [0.2, 0.25) is 19.6 Å². The van der Waals surface area contributed by atoms with Crippen molar-refractivity contribution in [3.05, 3.63) is 52.0 Å². The van der Waals surface area contributed by atoms with Gasteiger partial charge in [-0.05, 0) is 63.8 Å². The lowest BCUT2D eigenvalue weighted by Gasteiger charge is -2.29. The van der Waals surface area contributed by atoms with Gasteiger partial charge in [-0.3, -0.25) is 4.79 Å². The molecule has 0 aliphatic heterocycles. The van der Waals surface area contributed by atoms with E-state index < -0.39 is 25.4 Å². The van der Waals surface area contributed by atoms with Gasteiger partial charge in [-0.2, -0.15) is 13.2 Å². The summed E-state index contributed by atoms with van der Waals surface area (Å²) in [7, 11) is -2.12. The molecule has 1 unspecified atom stereocenters. The Kier molecular flexibility index (Phi) is 5.73. The summed E-state index contributed by atoms with van der Waals surface area (Å²) in [5.41, 5.74) is -0.105. The summed E-state index contributed by atoms with van der Waals surface area (Å²) in [5.74, 6) is -0.110. The maximum atomic E-state index is 13.5. The zero-order valence-corrected chi connectivity index (χ0v) is 17.5.